The van der Waals surface area contributed by atoms with Gasteiger partial charge in [-0.25, -0.2) is 0 Å². The Bertz CT molecular complexity index is 305. The van der Waals surface area contributed by atoms with Gasteiger partial charge in [0, 0.05) is 17.6 Å². The van der Waals surface area contributed by atoms with Crippen LogP contribution in [-0.2, 0) is 13.0 Å². The van der Waals surface area contributed by atoms with Crippen molar-refractivity contribution < 1.29 is 0 Å². The van der Waals surface area contributed by atoms with E-state index in [-0.39, 0.29) is 5.38 Å². The molecule has 0 aromatic carbocycles. The summed E-state index contributed by atoms with van der Waals surface area (Å²) in [4.78, 5) is 0. The summed E-state index contributed by atoms with van der Waals surface area (Å²) in [5.74, 6) is 0.549. The first-order valence-corrected chi connectivity index (χ1v) is 6.19. The van der Waals surface area contributed by atoms with Gasteiger partial charge in [-0.3, -0.25) is 4.68 Å². The Morgan fingerprint density at radius 1 is 1.47 bits per heavy atom. The third-order valence-electron chi connectivity index (χ3n) is 2.93. The summed E-state index contributed by atoms with van der Waals surface area (Å²) in [7, 11) is 0. The molecule has 0 amide bonds. The number of nitrogens with zero attached hydrogens (tertiary/aromatic N) is 2. The summed E-state index contributed by atoms with van der Waals surface area (Å²) >= 11 is 6.17. The summed E-state index contributed by atoms with van der Waals surface area (Å²) in [6.07, 6.45) is 2.16. The molecule has 0 radical (unpaired) electrons. The Hall–Kier alpha value is -0.500. The minimum atomic E-state index is 0.232. The van der Waals surface area contributed by atoms with E-state index in [1.54, 1.807) is 0 Å². The van der Waals surface area contributed by atoms with Crippen molar-refractivity contribution in [2.24, 2.45) is 5.92 Å². The summed E-state index contributed by atoms with van der Waals surface area (Å²) < 4.78 is 2.08. The van der Waals surface area contributed by atoms with E-state index in [9.17, 15) is 0 Å². The lowest BCUT2D eigenvalue weighted by Crippen LogP contribution is -2.16. The molecule has 0 spiro atoms. The van der Waals surface area contributed by atoms with E-state index in [1.807, 2.05) is 6.92 Å². The van der Waals surface area contributed by atoms with Crippen LogP contribution in [0, 0.1) is 12.8 Å². The second-order valence-electron chi connectivity index (χ2n) is 4.14. The molecule has 1 aromatic rings. The molecule has 0 saturated carbocycles. The van der Waals surface area contributed by atoms with Crippen molar-refractivity contribution in [3.05, 3.63) is 17.5 Å². The van der Waals surface area contributed by atoms with Crippen molar-refractivity contribution in [3.8, 4) is 0 Å². The molecule has 0 aliphatic rings. The molecule has 86 valence electrons. The highest BCUT2D eigenvalue weighted by Gasteiger charge is 2.16. The quantitative estimate of drug-likeness (QED) is 0.707. The maximum absolute atomic E-state index is 6.17. The zero-order valence-corrected chi connectivity index (χ0v) is 10.9. The Labute approximate surface area is 97.6 Å². The van der Waals surface area contributed by atoms with Gasteiger partial charge in [0.1, 0.15) is 0 Å². The average molecular weight is 229 g/mol. The van der Waals surface area contributed by atoms with Crippen LogP contribution in [0.3, 0.4) is 0 Å². The third-order valence-corrected chi connectivity index (χ3v) is 3.29. The first-order chi connectivity index (χ1) is 7.08. The first-order valence-electron chi connectivity index (χ1n) is 5.75. The molecule has 0 aliphatic carbocycles. The number of hydrogen-bond donors (Lipinski definition) is 0. The van der Waals surface area contributed by atoms with Crippen LogP contribution in [-0.4, -0.2) is 15.2 Å². The number of aromatic nitrogens is 2. The zero-order valence-electron chi connectivity index (χ0n) is 10.1. The van der Waals surface area contributed by atoms with Crippen molar-refractivity contribution in [2.75, 3.05) is 0 Å². The monoisotopic (exact) mass is 228 g/mol. The number of aryl methyl sites for hydroxylation is 2. The van der Waals surface area contributed by atoms with Gasteiger partial charge in [0.05, 0.1) is 5.69 Å². The highest BCUT2D eigenvalue weighted by Crippen LogP contribution is 2.20. The van der Waals surface area contributed by atoms with E-state index in [0.717, 1.165) is 25.1 Å². The van der Waals surface area contributed by atoms with Gasteiger partial charge >= 0.3 is 0 Å². The van der Waals surface area contributed by atoms with Crippen molar-refractivity contribution >= 4 is 11.6 Å². The normalized spacial score (nSPS) is 15.3. The molecule has 1 heterocycles. The van der Waals surface area contributed by atoms with E-state index >= 15 is 0 Å². The fourth-order valence-electron chi connectivity index (χ4n) is 1.94. The van der Waals surface area contributed by atoms with Gasteiger partial charge in [0.15, 0.2) is 0 Å². The van der Waals surface area contributed by atoms with Crippen LogP contribution in [0.4, 0.5) is 0 Å². The predicted octanol–water partition coefficient (Wildman–Crippen LogP) is 3.41. The Kier molecular flexibility index (Phi) is 4.65. The molecular weight excluding hydrogens is 208 g/mol. The van der Waals surface area contributed by atoms with E-state index in [2.05, 4.69) is 36.6 Å². The Morgan fingerprint density at radius 2 is 2.13 bits per heavy atom. The molecular formula is C12H21ClN2. The second-order valence-corrected chi connectivity index (χ2v) is 4.83. The van der Waals surface area contributed by atoms with Crippen LogP contribution < -0.4 is 0 Å². The fourth-order valence-corrected chi connectivity index (χ4v) is 2.20. The van der Waals surface area contributed by atoms with Crippen LogP contribution in [0.1, 0.15) is 38.6 Å². The average Bonchev–Trinajstić information content (AvgIpc) is 2.54. The predicted molar refractivity (Wildman–Crippen MR) is 65.4 cm³/mol. The van der Waals surface area contributed by atoms with Crippen molar-refractivity contribution in [2.45, 2.75) is 52.5 Å². The SMILES string of the molecule is CCC(Cc1cc(C)nn1CC)C(C)Cl. The number of halogens is 1. The van der Waals surface area contributed by atoms with E-state index in [0.29, 0.717) is 5.92 Å². The largest absolute Gasteiger partial charge is 0.270 e. The molecule has 2 unspecified atom stereocenters. The lowest BCUT2D eigenvalue weighted by atomic mass is 9.97. The topological polar surface area (TPSA) is 17.8 Å². The van der Waals surface area contributed by atoms with E-state index < -0.39 is 0 Å². The Balaban J connectivity index is 2.77. The summed E-state index contributed by atoms with van der Waals surface area (Å²) in [6.45, 7) is 9.39. The Morgan fingerprint density at radius 3 is 2.60 bits per heavy atom. The molecule has 0 saturated heterocycles. The van der Waals surface area contributed by atoms with E-state index in [1.165, 1.54) is 5.69 Å². The van der Waals surface area contributed by atoms with Gasteiger partial charge in [-0.2, -0.15) is 5.10 Å². The molecule has 2 atom stereocenters. The molecule has 0 N–H and O–H groups in total. The summed E-state index contributed by atoms with van der Waals surface area (Å²) in [5, 5.41) is 4.68. The van der Waals surface area contributed by atoms with Crippen LogP contribution in [0.15, 0.2) is 6.07 Å². The van der Waals surface area contributed by atoms with Crippen LogP contribution >= 0.6 is 11.6 Å². The van der Waals surface area contributed by atoms with Crippen molar-refractivity contribution in [1.82, 2.24) is 9.78 Å². The number of alkyl halides is 1. The molecule has 0 bridgehead atoms. The molecule has 2 nitrogen and oxygen atoms in total. The van der Waals surface area contributed by atoms with Crippen LogP contribution in [0.25, 0.3) is 0 Å². The van der Waals surface area contributed by atoms with Gasteiger partial charge in [-0.05, 0) is 39.2 Å². The maximum Gasteiger partial charge on any atom is 0.0596 e. The van der Waals surface area contributed by atoms with Gasteiger partial charge in [0.25, 0.3) is 0 Å². The van der Waals surface area contributed by atoms with E-state index in [4.69, 9.17) is 11.6 Å². The highest BCUT2D eigenvalue weighted by atomic mass is 35.5. The summed E-state index contributed by atoms with van der Waals surface area (Å²) in [6, 6.07) is 2.17. The molecule has 0 aliphatic heterocycles. The highest BCUT2D eigenvalue weighted by molar-refractivity contribution is 6.20. The smallest absolute Gasteiger partial charge is 0.0596 e. The van der Waals surface area contributed by atoms with Crippen molar-refractivity contribution in [1.29, 1.82) is 0 Å². The molecule has 3 heteroatoms. The molecule has 0 fully saturated rings. The fraction of sp³-hybridized carbons (Fsp3) is 0.750. The third kappa shape index (κ3) is 3.23. The van der Waals surface area contributed by atoms with Gasteiger partial charge in [0.2, 0.25) is 0 Å². The molecule has 15 heavy (non-hydrogen) atoms. The zero-order chi connectivity index (χ0) is 11.4. The lowest BCUT2D eigenvalue weighted by molar-refractivity contribution is 0.471. The first kappa shape index (κ1) is 12.6. The summed E-state index contributed by atoms with van der Waals surface area (Å²) in [5.41, 5.74) is 2.42. The minimum Gasteiger partial charge on any atom is -0.270 e. The van der Waals surface area contributed by atoms with Gasteiger partial charge in [-0.15, -0.1) is 11.6 Å². The minimum absolute atomic E-state index is 0.232. The standard InChI is InChI=1S/C12H21ClN2/c1-5-11(10(4)13)8-12-7-9(3)14-15(12)6-2/h7,10-11H,5-6,8H2,1-4H3. The number of rotatable bonds is 5. The van der Waals surface area contributed by atoms with Crippen LogP contribution in [0.5, 0.6) is 0 Å². The second kappa shape index (κ2) is 5.55. The van der Waals surface area contributed by atoms with Gasteiger partial charge < -0.3 is 0 Å². The van der Waals surface area contributed by atoms with Crippen LogP contribution in [0.2, 0.25) is 0 Å². The van der Waals surface area contributed by atoms with Gasteiger partial charge in [-0.1, -0.05) is 13.3 Å². The van der Waals surface area contributed by atoms with Crippen molar-refractivity contribution in [3.63, 3.8) is 0 Å². The maximum atomic E-state index is 6.17. The molecule has 1 aromatic heterocycles. The molecule has 1 rings (SSSR count). The number of hydrogen-bond acceptors (Lipinski definition) is 1. The lowest BCUT2D eigenvalue weighted by Gasteiger charge is -2.17.